The highest BCUT2D eigenvalue weighted by atomic mass is 32.2. The largest absolute Gasteiger partial charge is 0.335 e. The zero-order valence-corrected chi connectivity index (χ0v) is 13.0. The zero-order valence-electron chi connectivity index (χ0n) is 12.2. The van der Waals surface area contributed by atoms with Gasteiger partial charge in [-0.25, -0.2) is 13.4 Å². The number of rotatable bonds is 4. The van der Waals surface area contributed by atoms with E-state index in [9.17, 15) is 8.42 Å². The number of hydrogen-bond donors (Lipinski definition) is 0. The summed E-state index contributed by atoms with van der Waals surface area (Å²) < 4.78 is 24.6. The molecule has 0 atom stereocenters. The average molecular weight is 285 g/mol. The molecule has 0 N–H and O–H groups in total. The van der Waals surface area contributed by atoms with Crippen LogP contribution in [-0.4, -0.2) is 48.0 Å². The Kier molecular flexibility index (Phi) is 4.01. The fraction of sp³-hybridized carbons (Fsp3) is 0.769. The smallest absolute Gasteiger partial charge is 0.148 e. The molecular weight excluding hydrogens is 262 g/mol. The van der Waals surface area contributed by atoms with E-state index in [2.05, 4.69) is 30.4 Å². The third kappa shape index (κ3) is 3.36. The minimum atomic E-state index is -2.88. The van der Waals surface area contributed by atoms with Gasteiger partial charge in [0.25, 0.3) is 0 Å². The highest BCUT2D eigenvalue weighted by Crippen LogP contribution is 2.23. The van der Waals surface area contributed by atoms with Crippen molar-refractivity contribution in [2.24, 2.45) is 7.05 Å². The second kappa shape index (κ2) is 5.25. The van der Waals surface area contributed by atoms with Gasteiger partial charge >= 0.3 is 0 Å². The van der Waals surface area contributed by atoms with Crippen LogP contribution >= 0.6 is 0 Å². The Morgan fingerprint density at radius 3 is 2.63 bits per heavy atom. The molecule has 5 nitrogen and oxygen atoms in total. The molecule has 6 heteroatoms. The molecule has 1 aliphatic rings. The molecule has 0 aromatic carbocycles. The predicted octanol–water partition coefficient (Wildman–Crippen LogP) is 0.946. The van der Waals surface area contributed by atoms with Crippen LogP contribution in [0.15, 0.2) is 0 Å². The van der Waals surface area contributed by atoms with Gasteiger partial charge < -0.3 is 4.57 Å². The van der Waals surface area contributed by atoms with E-state index in [-0.39, 0.29) is 5.75 Å². The van der Waals surface area contributed by atoms with Gasteiger partial charge in [0, 0.05) is 51.0 Å². The topological polar surface area (TPSA) is 55.2 Å². The molecule has 0 aliphatic carbocycles. The summed E-state index contributed by atoms with van der Waals surface area (Å²) in [6.45, 7) is 6.58. The van der Waals surface area contributed by atoms with Gasteiger partial charge in [0.1, 0.15) is 15.7 Å². The summed E-state index contributed by atoms with van der Waals surface area (Å²) in [5.41, 5.74) is 2.42. The summed E-state index contributed by atoms with van der Waals surface area (Å²) >= 11 is 0. The molecular formula is C13H23N3O2S. The van der Waals surface area contributed by atoms with Crippen molar-refractivity contribution < 1.29 is 8.42 Å². The van der Waals surface area contributed by atoms with Gasteiger partial charge in [-0.2, -0.15) is 0 Å². The standard InChI is InChI=1S/C13H23N3O2S/c1-10(2)13-14-11-9-16(7-8-19(4,17)18)6-5-12(11)15(13)3/h10H,5-9H2,1-4H3. The Hall–Kier alpha value is -0.880. The van der Waals surface area contributed by atoms with Crippen LogP contribution in [0.25, 0.3) is 0 Å². The van der Waals surface area contributed by atoms with Crippen molar-refractivity contribution >= 4 is 9.84 Å². The van der Waals surface area contributed by atoms with Crippen molar-refractivity contribution in [2.75, 3.05) is 25.1 Å². The molecule has 0 saturated carbocycles. The Balaban J connectivity index is 2.10. The number of imidazole rings is 1. The molecule has 1 aromatic heterocycles. The van der Waals surface area contributed by atoms with Crippen LogP contribution in [0.3, 0.4) is 0 Å². The third-order valence-electron chi connectivity index (χ3n) is 3.66. The van der Waals surface area contributed by atoms with Gasteiger partial charge in [0.2, 0.25) is 0 Å². The van der Waals surface area contributed by atoms with Crippen molar-refractivity contribution in [1.82, 2.24) is 14.5 Å². The van der Waals surface area contributed by atoms with Crippen molar-refractivity contribution in [2.45, 2.75) is 32.7 Å². The van der Waals surface area contributed by atoms with E-state index in [1.807, 2.05) is 0 Å². The maximum absolute atomic E-state index is 11.2. The van der Waals surface area contributed by atoms with E-state index in [1.165, 1.54) is 11.9 Å². The van der Waals surface area contributed by atoms with Crippen LogP contribution in [0.5, 0.6) is 0 Å². The first-order valence-electron chi connectivity index (χ1n) is 6.72. The number of sulfone groups is 1. The number of nitrogens with zero attached hydrogens (tertiary/aromatic N) is 3. The van der Waals surface area contributed by atoms with Crippen LogP contribution in [0, 0.1) is 0 Å². The molecule has 2 rings (SSSR count). The monoisotopic (exact) mass is 285 g/mol. The summed E-state index contributed by atoms with van der Waals surface area (Å²) in [5, 5.41) is 0. The molecule has 0 spiro atoms. The van der Waals surface area contributed by atoms with Gasteiger partial charge in [-0.3, -0.25) is 4.90 Å². The fourth-order valence-corrected chi connectivity index (χ4v) is 3.20. The summed E-state index contributed by atoms with van der Waals surface area (Å²) in [5.74, 6) is 1.77. The van der Waals surface area contributed by atoms with E-state index in [4.69, 9.17) is 4.98 Å². The fourth-order valence-electron chi connectivity index (χ4n) is 2.61. The summed E-state index contributed by atoms with van der Waals surface area (Å²) in [7, 11) is -0.808. The van der Waals surface area contributed by atoms with Crippen molar-refractivity contribution in [3.05, 3.63) is 17.2 Å². The number of aromatic nitrogens is 2. The lowest BCUT2D eigenvalue weighted by Gasteiger charge is -2.26. The number of hydrogen-bond acceptors (Lipinski definition) is 4. The number of fused-ring (bicyclic) bond motifs is 1. The second-order valence-corrected chi connectivity index (χ2v) is 7.99. The lowest BCUT2D eigenvalue weighted by molar-refractivity contribution is 0.263. The van der Waals surface area contributed by atoms with Gasteiger partial charge in [-0.1, -0.05) is 13.8 Å². The van der Waals surface area contributed by atoms with Crippen molar-refractivity contribution in [3.8, 4) is 0 Å². The van der Waals surface area contributed by atoms with Crippen LogP contribution in [0.4, 0.5) is 0 Å². The maximum Gasteiger partial charge on any atom is 0.148 e. The van der Waals surface area contributed by atoms with Crippen LogP contribution in [-0.2, 0) is 29.9 Å². The predicted molar refractivity (Wildman–Crippen MR) is 76.0 cm³/mol. The van der Waals surface area contributed by atoms with Crippen molar-refractivity contribution in [3.63, 3.8) is 0 Å². The molecule has 2 heterocycles. The normalized spacial score (nSPS) is 16.9. The summed E-state index contributed by atoms with van der Waals surface area (Å²) in [6.07, 6.45) is 2.25. The first kappa shape index (κ1) is 14.5. The van der Waals surface area contributed by atoms with Crippen LogP contribution in [0.1, 0.15) is 37.0 Å². The van der Waals surface area contributed by atoms with E-state index in [0.717, 1.165) is 31.0 Å². The van der Waals surface area contributed by atoms with Gasteiger partial charge in [0.05, 0.1) is 11.4 Å². The highest BCUT2D eigenvalue weighted by Gasteiger charge is 2.23. The molecule has 19 heavy (non-hydrogen) atoms. The molecule has 0 amide bonds. The highest BCUT2D eigenvalue weighted by molar-refractivity contribution is 7.90. The summed E-state index contributed by atoms with van der Waals surface area (Å²) in [4.78, 5) is 6.90. The molecule has 0 fully saturated rings. The van der Waals surface area contributed by atoms with Crippen molar-refractivity contribution in [1.29, 1.82) is 0 Å². The lowest BCUT2D eigenvalue weighted by atomic mass is 10.1. The molecule has 1 aliphatic heterocycles. The molecule has 0 radical (unpaired) electrons. The minimum absolute atomic E-state index is 0.228. The molecule has 1 aromatic rings. The van der Waals surface area contributed by atoms with E-state index in [1.54, 1.807) is 0 Å². The van der Waals surface area contributed by atoms with Gasteiger partial charge in [-0.05, 0) is 0 Å². The van der Waals surface area contributed by atoms with Crippen LogP contribution < -0.4 is 0 Å². The Morgan fingerprint density at radius 2 is 2.05 bits per heavy atom. The maximum atomic E-state index is 11.2. The quantitative estimate of drug-likeness (QED) is 0.826. The zero-order chi connectivity index (χ0) is 14.2. The lowest BCUT2D eigenvalue weighted by Crippen LogP contribution is -2.34. The molecule has 0 bridgehead atoms. The Labute approximate surface area is 115 Å². The molecule has 0 saturated heterocycles. The Bertz CT molecular complexity index is 561. The third-order valence-corrected chi connectivity index (χ3v) is 4.59. The van der Waals surface area contributed by atoms with Gasteiger partial charge in [0.15, 0.2) is 0 Å². The molecule has 108 valence electrons. The minimum Gasteiger partial charge on any atom is -0.335 e. The summed E-state index contributed by atoms with van der Waals surface area (Å²) in [6, 6.07) is 0. The SMILES string of the molecule is CC(C)c1nc2c(n1C)CCN(CCS(C)(=O)=O)C2. The first-order chi connectivity index (χ1) is 8.78. The Morgan fingerprint density at radius 1 is 1.37 bits per heavy atom. The van der Waals surface area contributed by atoms with E-state index < -0.39 is 9.84 Å². The van der Waals surface area contributed by atoms with E-state index >= 15 is 0 Å². The first-order valence-corrected chi connectivity index (χ1v) is 8.78. The van der Waals surface area contributed by atoms with Gasteiger partial charge in [-0.15, -0.1) is 0 Å². The van der Waals surface area contributed by atoms with E-state index in [0.29, 0.717) is 12.5 Å². The second-order valence-electron chi connectivity index (χ2n) is 5.73. The average Bonchev–Trinajstić information content (AvgIpc) is 2.63. The molecule has 0 unspecified atom stereocenters. The van der Waals surface area contributed by atoms with Crippen LogP contribution in [0.2, 0.25) is 0 Å².